The summed E-state index contributed by atoms with van der Waals surface area (Å²) in [7, 11) is 0. The number of ether oxygens (including phenoxy) is 2. The van der Waals surface area contributed by atoms with Crippen molar-refractivity contribution in [3.8, 4) is 0 Å². The van der Waals surface area contributed by atoms with Crippen molar-refractivity contribution in [3.63, 3.8) is 0 Å². The van der Waals surface area contributed by atoms with Crippen LogP contribution in [0.25, 0.3) is 0 Å². The van der Waals surface area contributed by atoms with Crippen LogP contribution in [-0.4, -0.2) is 42.9 Å². The third-order valence-corrected chi connectivity index (χ3v) is 4.14. The monoisotopic (exact) mass is 325 g/mol. The van der Waals surface area contributed by atoms with Crippen LogP contribution in [0.4, 0.5) is 0 Å². The fraction of sp³-hybridized carbons (Fsp3) is 0.500. The normalized spacial score (nSPS) is 21.8. The van der Waals surface area contributed by atoms with Crippen molar-refractivity contribution in [3.05, 3.63) is 34.3 Å². The number of nitrogens with zero attached hydrogens (tertiary/aromatic N) is 1. The van der Waals surface area contributed by atoms with Gasteiger partial charge in [-0.05, 0) is 30.7 Å². The summed E-state index contributed by atoms with van der Waals surface area (Å²) in [4.78, 5) is 14.3. The Balaban J connectivity index is 1.74. The van der Waals surface area contributed by atoms with Gasteiger partial charge >= 0.3 is 0 Å². The van der Waals surface area contributed by atoms with Gasteiger partial charge in [0.25, 0.3) is 5.91 Å². The van der Waals surface area contributed by atoms with Crippen LogP contribution in [0.1, 0.15) is 23.2 Å². The van der Waals surface area contributed by atoms with E-state index in [0.717, 1.165) is 23.9 Å². The minimum absolute atomic E-state index is 0.0469. The summed E-state index contributed by atoms with van der Waals surface area (Å²) in [5, 5.41) is 0. The van der Waals surface area contributed by atoms with Crippen molar-refractivity contribution >= 4 is 21.8 Å². The van der Waals surface area contributed by atoms with E-state index in [0.29, 0.717) is 25.3 Å². The van der Waals surface area contributed by atoms with Gasteiger partial charge in [-0.3, -0.25) is 4.79 Å². The zero-order valence-electron chi connectivity index (χ0n) is 10.6. The smallest absolute Gasteiger partial charge is 0.254 e. The van der Waals surface area contributed by atoms with Crippen LogP contribution in [-0.2, 0) is 9.47 Å². The number of benzene rings is 1. The van der Waals surface area contributed by atoms with Gasteiger partial charge in [0.05, 0.1) is 19.8 Å². The highest BCUT2D eigenvalue weighted by atomic mass is 79.9. The van der Waals surface area contributed by atoms with Gasteiger partial charge in [-0.25, -0.2) is 0 Å². The van der Waals surface area contributed by atoms with Crippen LogP contribution >= 0.6 is 15.9 Å². The van der Waals surface area contributed by atoms with E-state index in [2.05, 4.69) is 15.9 Å². The predicted octanol–water partition coefficient (Wildman–Crippen LogP) is 2.43. The van der Waals surface area contributed by atoms with Crippen LogP contribution in [0.3, 0.4) is 0 Å². The average molecular weight is 326 g/mol. The van der Waals surface area contributed by atoms with Gasteiger partial charge in [0.15, 0.2) is 5.79 Å². The van der Waals surface area contributed by atoms with Gasteiger partial charge in [0.2, 0.25) is 0 Å². The average Bonchev–Trinajstić information content (AvgIpc) is 2.87. The summed E-state index contributed by atoms with van der Waals surface area (Å²) in [5.41, 5.74) is 0.707. The zero-order valence-corrected chi connectivity index (χ0v) is 12.2. The number of likely N-dealkylation sites (tertiary alicyclic amines) is 1. The molecule has 0 bridgehead atoms. The van der Waals surface area contributed by atoms with Crippen molar-refractivity contribution in [2.45, 2.75) is 18.6 Å². The lowest BCUT2D eigenvalue weighted by Crippen LogP contribution is -2.51. The molecule has 0 aliphatic carbocycles. The quantitative estimate of drug-likeness (QED) is 0.796. The number of piperidine rings is 1. The molecular formula is C14H16BrNO3. The molecule has 0 saturated carbocycles. The summed E-state index contributed by atoms with van der Waals surface area (Å²) in [5.74, 6) is -0.505. The van der Waals surface area contributed by atoms with Crippen molar-refractivity contribution in [1.82, 2.24) is 4.90 Å². The maximum atomic E-state index is 12.5. The molecule has 19 heavy (non-hydrogen) atoms. The van der Waals surface area contributed by atoms with E-state index in [1.54, 1.807) is 0 Å². The first-order chi connectivity index (χ1) is 9.19. The number of carbonyl (C=O) groups excluding carboxylic acids is 1. The van der Waals surface area contributed by atoms with E-state index in [1.807, 2.05) is 29.2 Å². The van der Waals surface area contributed by atoms with Gasteiger partial charge in [-0.15, -0.1) is 0 Å². The molecule has 0 unspecified atom stereocenters. The van der Waals surface area contributed by atoms with Crippen molar-refractivity contribution in [2.75, 3.05) is 26.3 Å². The molecule has 2 heterocycles. The fourth-order valence-corrected chi connectivity index (χ4v) is 2.93. The van der Waals surface area contributed by atoms with Crippen LogP contribution in [0.5, 0.6) is 0 Å². The lowest BCUT2D eigenvalue weighted by molar-refractivity contribution is -0.183. The molecule has 2 aliphatic rings. The summed E-state index contributed by atoms with van der Waals surface area (Å²) in [6.07, 6.45) is 1.79. The van der Waals surface area contributed by atoms with Gasteiger partial charge in [-0.2, -0.15) is 0 Å². The third kappa shape index (κ3) is 2.68. The molecule has 5 heteroatoms. The van der Waals surface area contributed by atoms with E-state index in [4.69, 9.17) is 9.47 Å². The number of rotatable bonds is 1. The molecule has 4 nitrogen and oxygen atoms in total. The summed E-state index contributed by atoms with van der Waals surface area (Å²) in [6.45, 7) is 2.55. The van der Waals surface area contributed by atoms with Crippen LogP contribution in [0, 0.1) is 0 Å². The second-order valence-corrected chi connectivity index (χ2v) is 5.86. The Bertz CT molecular complexity index is 468. The molecular weight excluding hydrogens is 310 g/mol. The minimum Gasteiger partial charge on any atom is -0.346 e. The van der Waals surface area contributed by atoms with E-state index >= 15 is 0 Å². The summed E-state index contributed by atoms with van der Waals surface area (Å²) < 4.78 is 12.4. The molecule has 2 aliphatic heterocycles. The van der Waals surface area contributed by atoms with Crippen molar-refractivity contribution in [2.24, 2.45) is 0 Å². The maximum Gasteiger partial charge on any atom is 0.254 e. The first kappa shape index (κ1) is 13.1. The van der Waals surface area contributed by atoms with E-state index < -0.39 is 5.79 Å². The molecule has 0 radical (unpaired) electrons. The Hall–Kier alpha value is -0.910. The Morgan fingerprint density at radius 3 is 2.58 bits per heavy atom. The molecule has 2 saturated heterocycles. The van der Waals surface area contributed by atoms with Crippen LogP contribution in [0.15, 0.2) is 28.7 Å². The lowest BCUT2D eigenvalue weighted by atomic mass is 10.0. The van der Waals surface area contributed by atoms with Crippen molar-refractivity contribution < 1.29 is 14.3 Å². The van der Waals surface area contributed by atoms with E-state index in [9.17, 15) is 4.79 Å². The first-order valence-corrected chi connectivity index (χ1v) is 7.31. The summed E-state index contributed by atoms with van der Waals surface area (Å²) in [6, 6.07) is 7.44. The van der Waals surface area contributed by atoms with Crippen LogP contribution in [0.2, 0.25) is 0 Å². The number of amides is 1. The summed E-state index contributed by atoms with van der Waals surface area (Å²) >= 11 is 3.37. The van der Waals surface area contributed by atoms with Gasteiger partial charge in [0.1, 0.15) is 0 Å². The van der Waals surface area contributed by atoms with Crippen LogP contribution < -0.4 is 0 Å². The number of hydrogen-bond donors (Lipinski definition) is 0. The molecule has 1 spiro atoms. The Labute approximate surface area is 120 Å². The second kappa shape index (κ2) is 5.23. The van der Waals surface area contributed by atoms with E-state index in [-0.39, 0.29) is 5.91 Å². The predicted molar refractivity (Wildman–Crippen MR) is 73.9 cm³/mol. The van der Waals surface area contributed by atoms with Gasteiger partial charge in [0, 0.05) is 23.0 Å². The molecule has 0 aromatic heterocycles. The molecule has 0 N–H and O–H groups in total. The number of hydrogen-bond acceptors (Lipinski definition) is 3. The third-order valence-electron chi connectivity index (χ3n) is 3.61. The van der Waals surface area contributed by atoms with Crippen molar-refractivity contribution in [1.29, 1.82) is 0 Å². The Morgan fingerprint density at radius 2 is 1.89 bits per heavy atom. The standard InChI is InChI=1S/C14H16BrNO3/c15-12-4-2-11(3-5-12)13(17)16-7-1-6-14(10-16)18-8-9-19-14/h2-5H,1,6-10H2. The highest BCUT2D eigenvalue weighted by Gasteiger charge is 2.42. The number of carbonyl (C=O) groups is 1. The molecule has 1 aromatic rings. The van der Waals surface area contributed by atoms with Gasteiger partial charge < -0.3 is 14.4 Å². The molecule has 3 rings (SSSR count). The molecule has 1 amide bonds. The first-order valence-electron chi connectivity index (χ1n) is 6.51. The zero-order chi connectivity index (χ0) is 13.3. The topological polar surface area (TPSA) is 38.8 Å². The maximum absolute atomic E-state index is 12.5. The highest BCUT2D eigenvalue weighted by molar-refractivity contribution is 9.10. The SMILES string of the molecule is O=C(c1ccc(Br)cc1)N1CCCC2(C1)OCCO2. The molecule has 102 valence electrons. The fourth-order valence-electron chi connectivity index (χ4n) is 2.67. The largest absolute Gasteiger partial charge is 0.346 e. The minimum atomic E-state index is -0.552. The number of halogens is 1. The Morgan fingerprint density at radius 1 is 1.21 bits per heavy atom. The molecule has 2 fully saturated rings. The Kier molecular flexibility index (Phi) is 3.60. The lowest BCUT2D eigenvalue weighted by Gasteiger charge is -2.38. The van der Waals surface area contributed by atoms with E-state index in [1.165, 1.54) is 0 Å². The molecule has 0 atom stereocenters. The van der Waals surface area contributed by atoms with Gasteiger partial charge in [-0.1, -0.05) is 15.9 Å². The molecule has 1 aromatic carbocycles. The second-order valence-electron chi connectivity index (χ2n) is 4.94. The highest BCUT2D eigenvalue weighted by Crippen LogP contribution is 2.30.